The predicted octanol–water partition coefficient (Wildman–Crippen LogP) is 4.14. The number of thioether (sulfide) groups is 1. The zero-order valence-corrected chi connectivity index (χ0v) is 12.7. The van der Waals surface area contributed by atoms with Crippen LogP contribution in [0.25, 0.3) is 0 Å². The van der Waals surface area contributed by atoms with Crippen LogP contribution in [0, 0.1) is 0 Å². The number of rotatable bonds is 5. The van der Waals surface area contributed by atoms with E-state index in [1.165, 1.54) is 0 Å². The number of benzene rings is 2. The highest BCUT2D eigenvalue weighted by molar-refractivity contribution is 8.00. The van der Waals surface area contributed by atoms with Gasteiger partial charge >= 0.3 is 0 Å². The molecule has 2 aromatic carbocycles. The summed E-state index contributed by atoms with van der Waals surface area (Å²) in [5.41, 5.74) is 1.00. The first-order valence-corrected chi connectivity index (χ1v) is 7.65. The lowest BCUT2D eigenvalue weighted by Crippen LogP contribution is -2.30. The summed E-state index contributed by atoms with van der Waals surface area (Å²) in [5.74, 6) is 0.0267. The van der Waals surface area contributed by atoms with Gasteiger partial charge in [0, 0.05) is 16.5 Å². The van der Waals surface area contributed by atoms with Crippen LogP contribution in [0.4, 0.5) is 0 Å². The first-order chi connectivity index (χ1) is 9.65. The molecule has 0 aliphatic carbocycles. The SMILES string of the molecule is CC(Sc1ccccc1)C(=O)NCc1cccc(Cl)c1. The molecule has 20 heavy (non-hydrogen) atoms. The van der Waals surface area contributed by atoms with E-state index < -0.39 is 0 Å². The van der Waals surface area contributed by atoms with Gasteiger partial charge in [0.25, 0.3) is 0 Å². The van der Waals surface area contributed by atoms with Crippen molar-refractivity contribution in [3.8, 4) is 0 Å². The lowest BCUT2D eigenvalue weighted by molar-refractivity contribution is -0.120. The maximum absolute atomic E-state index is 12.0. The minimum Gasteiger partial charge on any atom is -0.351 e. The minimum atomic E-state index is -0.128. The smallest absolute Gasteiger partial charge is 0.233 e. The molecule has 0 fully saturated rings. The Hall–Kier alpha value is -1.45. The monoisotopic (exact) mass is 305 g/mol. The summed E-state index contributed by atoms with van der Waals surface area (Å²) < 4.78 is 0. The molecule has 0 bridgehead atoms. The fourth-order valence-corrected chi connectivity index (χ4v) is 2.86. The van der Waals surface area contributed by atoms with Crippen molar-refractivity contribution in [3.63, 3.8) is 0 Å². The Morgan fingerprint density at radius 2 is 1.95 bits per heavy atom. The molecular weight excluding hydrogens is 290 g/mol. The molecule has 104 valence electrons. The topological polar surface area (TPSA) is 29.1 Å². The Morgan fingerprint density at radius 3 is 2.65 bits per heavy atom. The van der Waals surface area contributed by atoms with Crippen LogP contribution in [-0.4, -0.2) is 11.2 Å². The molecule has 0 spiro atoms. The number of hydrogen-bond donors (Lipinski definition) is 1. The van der Waals surface area contributed by atoms with Gasteiger partial charge in [-0.1, -0.05) is 41.9 Å². The molecule has 1 unspecified atom stereocenters. The van der Waals surface area contributed by atoms with E-state index in [0.29, 0.717) is 11.6 Å². The van der Waals surface area contributed by atoms with Crippen molar-refractivity contribution in [1.29, 1.82) is 0 Å². The van der Waals surface area contributed by atoms with Crippen molar-refractivity contribution < 1.29 is 4.79 Å². The van der Waals surface area contributed by atoms with Crippen LogP contribution in [0.1, 0.15) is 12.5 Å². The number of nitrogens with one attached hydrogen (secondary N) is 1. The summed E-state index contributed by atoms with van der Waals surface area (Å²) in [6.07, 6.45) is 0. The average Bonchev–Trinajstić information content (AvgIpc) is 2.46. The van der Waals surface area contributed by atoms with Crippen LogP contribution in [0.5, 0.6) is 0 Å². The van der Waals surface area contributed by atoms with Gasteiger partial charge in [0.2, 0.25) is 5.91 Å². The molecule has 4 heteroatoms. The third kappa shape index (κ3) is 4.58. The zero-order valence-electron chi connectivity index (χ0n) is 11.2. The van der Waals surface area contributed by atoms with E-state index in [1.54, 1.807) is 11.8 Å². The number of halogens is 1. The first kappa shape index (κ1) is 14.9. The fourth-order valence-electron chi connectivity index (χ4n) is 1.74. The van der Waals surface area contributed by atoms with Crippen molar-refractivity contribution in [2.75, 3.05) is 0 Å². The summed E-state index contributed by atoms with van der Waals surface area (Å²) in [6, 6.07) is 17.4. The van der Waals surface area contributed by atoms with Gasteiger partial charge in [-0.05, 0) is 36.8 Å². The molecular formula is C16H16ClNOS. The van der Waals surface area contributed by atoms with E-state index in [4.69, 9.17) is 11.6 Å². The summed E-state index contributed by atoms with van der Waals surface area (Å²) in [7, 11) is 0. The Morgan fingerprint density at radius 1 is 1.20 bits per heavy atom. The summed E-state index contributed by atoms with van der Waals surface area (Å²) in [6.45, 7) is 2.41. The number of carbonyl (C=O) groups is 1. The molecule has 0 aromatic heterocycles. The van der Waals surface area contributed by atoms with E-state index in [-0.39, 0.29) is 11.2 Å². The fraction of sp³-hybridized carbons (Fsp3) is 0.188. The molecule has 2 nitrogen and oxygen atoms in total. The van der Waals surface area contributed by atoms with Crippen LogP contribution in [-0.2, 0) is 11.3 Å². The van der Waals surface area contributed by atoms with Gasteiger partial charge in [0.1, 0.15) is 0 Å². The third-order valence-corrected chi connectivity index (χ3v) is 4.13. The lowest BCUT2D eigenvalue weighted by atomic mass is 10.2. The van der Waals surface area contributed by atoms with Crippen LogP contribution < -0.4 is 5.32 Å². The molecule has 1 atom stereocenters. The second-order valence-corrected chi connectivity index (χ2v) is 6.27. The van der Waals surface area contributed by atoms with Crippen LogP contribution >= 0.6 is 23.4 Å². The number of hydrogen-bond acceptors (Lipinski definition) is 2. The summed E-state index contributed by atoms with van der Waals surface area (Å²) >= 11 is 7.47. The Balaban J connectivity index is 1.85. The largest absolute Gasteiger partial charge is 0.351 e. The second kappa shape index (κ2) is 7.36. The van der Waals surface area contributed by atoms with Crippen molar-refractivity contribution in [2.45, 2.75) is 23.6 Å². The minimum absolute atomic E-state index is 0.0267. The third-order valence-electron chi connectivity index (χ3n) is 2.78. The molecule has 0 saturated heterocycles. The van der Waals surface area contributed by atoms with Crippen molar-refractivity contribution >= 4 is 29.3 Å². The van der Waals surface area contributed by atoms with E-state index in [9.17, 15) is 4.79 Å². The average molecular weight is 306 g/mol. The molecule has 0 radical (unpaired) electrons. The normalized spacial score (nSPS) is 11.9. The summed E-state index contributed by atoms with van der Waals surface area (Å²) in [4.78, 5) is 13.1. The first-order valence-electron chi connectivity index (χ1n) is 6.39. The Labute approximate surface area is 128 Å². The second-order valence-electron chi connectivity index (χ2n) is 4.42. The van der Waals surface area contributed by atoms with E-state index in [0.717, 1.165) is 10.5 Å². The van der Waals surface area contributed by atoms with Crippen LogP contribution in [0.2, 0.25) is 5.02 Å². The molecule has 0 heterocycles. The molecule has 0 aliphatic heterocycles. The van der Waals surface area contributed by atoms with Crippen LogP contribution in [0.15, 0.2) is 59.5 Å². The van der Waals surface area contributed by atoms with Gasteiger partial charge in [-0.25, -0.2) is 0 Å². The highest BCUT2D eigenvalue weighted by Gasteiger charge is 2.13. The van der Waals surface area contributed by atoms with Gasteiger partial charge in [-0.15, -0.1) is 11.8 Å². The quantitative estimate of drug-likeness (QED) is 0.841. The van der Waals surface area contributed by atoms with E-state index in [1.807, 2.05) is 61.5 Å². The molecule has 1 amide bonds. The van der Waals surface area contributed by atoms with E-state index >= 15 is 0 Å². The summed E-state index contributed by atoms with van der Waals surface area (Å²) in [5, 5.41) is 3.48. The van der Waals surface area contributed by atoms with Gasteiger partial charge in [0.05, 0.1) is 5.25 Å². The highest BCUT2D eigenvalue weighted by Crippen LogP contribution is 2.22. The van der Waals surface area contributed by atoms with Gasteiger partial charge in [0.15, 0.2) is 0 Å². The zero-order chi connectivity index (χ0) is 14.4. The number of carbonyl (C=O) groups excluding carboxylic acids is 1. The number of amides is 1. The highest BCUT2D eigenvalue weighted by atomic mass is 35.5. The lowest BCUT2D eigenvalue weighted by Gasteiger charge is -2.12. The molecule has 2 aromatic rings. The van der Waals surface area contributed by atoms with Crippen molar-refractivity contribution in [1.82, 2.24) is 5.32 Å². The van der Waals surface area contributed by atoms with Crippen LogP contribution in [0.3, 0.4) is 0 Å². The van der Waals surface area contributed by atoms with Crippen molar-refractivity contribution in [3.05, 3.63) is 65.2 Å². The predicted molar refractivity (Wildman–Crippen MR) is 85.1 cm³/mol. The maximum atomic E-state index is 12.0. The Bertz CT molecular complexity index is 574. The molecule has 1 N–H and O–H groups in total. The van der Waals surface area contributed by atoms with Gasteiger partial charge < -0.3 is 5.32 Å². The molecule has 0 aliphatic rings. The molecule has 2 rings (SSSR count). The molecule has 0 saturated carbocycles. The van der Waals surface area contributed by atoms with Gasteiger partial charge in [-0.3, -0.25) is 4.79 Å². The van der Waals surface area contributed by atoms with E-state index in [2.05, 4.69) is 5.32 Å². The Kier molecular flexibility index (Phi) is 5.50. The van der Waals surface area contributed by atoms with Gasteiger partial charge in [-0.2, -0.15) is 0 Å². The standard InChI is InChI=1S/C16H16ClNOS/c1-12(20-15-8-3-2-4-9-15)16(19)18-11-13-6-5-7-14(17)10-13/h2-10,12H,11H2,1H3,(H,18,19). The van der Waals surface area contributed by atoms with Crippen molar-refractivity contribution in [2.24, 2.45) is 0 Å². The maximum Gasteiger partial charge on any atom is 0.233 e.